The molecule has 0 heterocycles. The molecule has 4 heteroatoms. The summed E-state index contributed by atoms with van der Waals surface area (Å²) < 4.78 is 5.06. The van der Waals surface area contributed by atoms with Crippen LogP contribution in [0.2, 0.25) is 0 Å². The number of alkyl carbamates (subject to hydrolysis) is 1. The highest BCUT2D eigenvalue weighted by Gasteiger charge is 2.40. The lowest BCUT2D eigenvalue weighted by Crippen LogP contribution is -2.42. The molecule has 13 heavy (non-hydrogen) atoms. The molecule has 0 unspecified atom stereocenters. The van der Waals surface area contributed by atoms with Gasteiger partial charge in [0, 0.05) is 18.4 Å². The van der Waals surface area contributed by atoms with Crippen molar-refractivity contribution >= 4 is 6.09 Å². The maximum atomic E-state index is 11.2. The SMILES string of the molecule is CC1(NC(=O)OC2CC(O)C2)CC1. The summed E-state index contributed by atoms with van der Waals surface area (Å²) in [7, 11) is 0. The Morgan fingerprint density at radius 3 is 2.62 bits per heavy atom. The number of ether oxygens (including phenoxy) is 1. The molecule has 0 aromatic rings. The first kappa shape index (κ1) is 8.81. The van der Waals surface area contributed by atoms with Crippen LogP contribution in [0, 0.1) is 0 Å². The molecule has 0 aliphatic heterocycles. The van der Waals surface area contributed by atoms with Gasteiger partial charge in [0.1, 0.15) is 6.10 Å². The topological polar surface area (TPSA) is 58.6 Å². The van der Waals surface area contributed by atoms with Crippen LogP contribution in [0.3, 0.4) is 0 Å². The van der Waals surface area contributed by atoms with E-state index in [1.54, 1.807) is 0 Å². The summed E-state index contributed by atoms with van der Waals surface area (Å²) >= 11 is 0. The lowest BCUT2D eigenvalue weighted by Gasteiger charge is -2.31. The number of hydrogen-bond donors (Lipinski definition) is 2. The minimum absolute atomic E-state index is 0.0144. The molecule has 0 spiro atoms. The number of rotatable bonds is 2. The van der Waals surface area contributed by atoms with Gasteiger partial charge in [0.2, 0.25) is 0 Å². The van der Waals surface area contributed by atoms with Crippen molar-refractivity contribution in [3.63, 3.8) is 0 Å². The van der Waals surface area contributed by atoms with Crippen molar-refractivity contribution in [1.82, 2.24) is 5.32 Å². The number of hydrogen-bond acceptors (Lipinski definition) is 3. The van der Waals surface area contributed by atoms with Crippen LogP contribution in [0.1, 0.15) is 32.6 Å². The molecule has 0 aromatic heterocycles. The molecular weight excluding hydrogens is 170 g/mol. The summed E-state index contributed by atoms with van der Waals surface area (Å²) in [5, 5.41) is 11.8. The fourth-order valence-corrected chi connectivity index (χ4v) is 1.37. The lowest BCUT2D eigenvalue weighted by atomic mass is 9.92. The van der Waals surface area contributed by atoms with Crippen molar-refractivity contribution in [2.45, 2.75) is 50.4 Å². The van der Waals surface area contributed by atoms with E-state index in [0.29, 0.717) is 12.8 Å². The van der Waals surface area contributed by atoms with Gasteiger partial charge in [0.15, 0.2) is 0 Å². The number of carbonyl (C=O) groups is 1. The maximum absolute atomic E-state index is 11.2. The molecule has 2 rings (SSSR count). The Morgan fingerprint density at radius 2 is 2.15 bits per heavy atom. The molecule has 2 aliphatic carbocycles. The van der Waals surface area contributed by atoms with Gasteiger partial charge in [-0.25, -0.2) is 4.79 Å². The van der Waals surface area contributed by atoms with Gasteiger partial charge in [-0.1, -0.05) is 0 Å². The Labute approximate surface area is 77.3 Å². The quantitative estimate of drug-likeness (QED) is 0.668. The zero-order valence-electron chi connectivity index (χ0n) is 7.75. The van der Waals surface area contributed by atoms with E-state index in [1.807, 2.05) is 6.92 Å². The van der Waals surface area contributed by atoms with E-state index in [4.69, 9.17) is 9.84 Å². The van der Waals surface area contributed by atoms with Crippen molar-refractivity contribution in [3.8, 4) is 0 Å². The second kappa shape index (κ2) is 2.87. The summed E-state index contributed by atoms with van der Waals surface area (Å²) in [4.78, 5) is 11.2. The predicted octanol–water partition coefficient (Wildman–Crippen LogP) is 0.788. The molecule has 2 aliphatic rings. The highest BCUT2D eigenvalue weighted by atomic mass is 16.6. The molecule has 2 N–H and O–H groups in total. The van der Waals surface area contributed by atoms with Crippen molar-refractivity contribution in [1.29, 1.82) is 0 Å². The zero-order chi connectivity index (χ0) is 9.47. The van der Waals surface area contributed by atoms with Crippen LogP contribution >= 0.6 is 0 Å². The van der Waals surface area contributed by atoms with E-state index in [1.165, 1.54) is 0 Å². The van der Waals surface area contributed by atoms with Crippen molar-refractivity contribution in [2.24, 2.45) is 0 Å². The third kappa shape index (κ3) is 2.12. The summed E-state index contributed by atoms with van der Waals surface area (Å²) in [5.41, 5.74) is -0.0144. The third-order valence-electron chi connectivity index (χ3n) is 2.75. The van der Waals surface area contributed by atoms with Crippen LogP contribution in [0.4, 0.5) is 4.79 Å². The van der Waals surface area contributed by atoms with Crippen molar-refractivity contribution in [2.75, 3.05) is 0 Å². The number of nitrogens with one attached hydrogen (secondary N) is 1. The van der Waals surface area contributed by atoms with E-state index in [-0.39, 0.29) is 23.8 Å². The van der Waals surface area contributed by atoms with E-state index in [0.717, 1.165) is 12.8 Å². The van der Waals surface area contributed by atoms with Gasteiger partial charge in [0.25, 0.3) is 0 Å². The Balaban J connectivity index is 1.67. The molecule has 0 saturated heterocycles. The van der Waals surface area contributed by atoms with Gasteiger partial charge in [0.05, 0.1) is 6.10 Å². The average Bonchev–Trinajstić information content (AvgIpc) is 2.64. The Kier molecular flexibility index (Phi) is 1.95. The lowest BCUT2D eigenvalue weighted by molar-refractivity contribution is -0.0356. The van der Waals surface area contributed by atoms with E-state index < -0.39 is 0 Å². The highest BCUT2D eigenvalue weighted by molar-refractivity contribution is 5.69. The van der Waals surface area contributed by atoms with Crippen LogP contribution in [-0.2, 0) is 4.74 Å². The zero-order valence-corrected chi connectivity index (χ0v) is 7.75. The van der Waals surface area contributed by atoms with Gasteiger partial charge in [-0.05, 0) is 19.8 Å². The minimum Gasteiger partial charge on any atom is -0.446 e. The maximum Gasteiger partial charge on any atom is 0.407 e. The van der Waals surface area contributed by atoms with E-state index in [9.17, 15) is 4.79 Å². The Bertz CT molecular complexity index is 219. The van der Waals surface area contributed by atoms with Crippen molar-refractivity contribution in [3.05, 3.63) is 0 Å². The van der Waals surface area contributed by atoms with Crippen LogP contribution in [-0.4, -0.2) is 28.9 Å². The Hall–Kier alpha value is -0.770. The molecule has 0 atom stereocenters. The molecule has 2 fully saturated rings. The normalized spacial score (nSPS) is 34.6. The fraction of sp³-hybridized carbons (Fsp3) is 0.889. The second-order valence-corrected chi connectivity index (χ2v) is 4.34. The molecule has 0 bridgehead atoms. The monoisotopic (exact) mass is 185 g/mol. The van der Waals surface area contributed by atoms with Crippen molar-refractivity contribution < 1.29 is 14.6 Å². The summed E-state index contributed by atoms with van der Waals surface area (Å²) in [6.45, 7) is 2.00. The summed E-state index contributed by atoms with van der Waals surface area (Å²) in [6.07, 6.45) is 2.57. The number of carbonyl (C=O) groups excluding carboxylic acids is 1. The summed E-state index contributed by atoms with van der Waals surface area (Å²) in [5.74, 6) is 0. The van der Waals surface area contributed by atoms with Crippen LogP contribution in [0.5, 0.6) is 0 Å². The highest BCUT2D eigenvalue weighted by Crippen LogP contribution is 2.34. The molecule has 74 valence electrons. The second-order valence-electron chi connectivity index (χ2n) is 4.34. The van der Waals surface area contributed by atoms with E-state index >= 15 is 0 Å². The minimum atomic E-state index is -0.336. The first-order valence-electron chi connectivity index (χ1n) is 4.74. The molecule has 0 aromatic carbocycles. The smallest absolute Gasteiger partial charge is 0.407 e. The van der Waals surface area contributed by atoms with Gasteiger partial charge in [-0.2, -0.15) is 0 Å². The molecule has 0 radical (unpaired) electrons. The van der Waals surface area contributed by atoms with Crippen LogP contribution in [0.25, 0.3) is 0 Å². The Morgan fingerprint density at radius 1 is 1.54 bits per heavy atom. The largest absolute Gasteiger partial charge is 0.446 e. The number of amides is 1. The number of aliphatic hydroxyl groups excluding tert-OH is 1. The standard InChI is InChI=1S/C9H15NO3/c1-9(2-3-9)10-8(12)13-7-4-6(11)5-7/h6-7,11H,2-5H2,1H3,(H,10,12). The van der Waals surface area contributed by atoms with Gasteiger partial charge in [-0.15, -0.1) is 0 Å². The van der Waals surface area contributed by atoms with Crippen LogP contribution in [0.15, 0.2) is 0 Å². The molecule has 1 amide bonds. The fourth-order valence-electron chi connectivity index (χ4n) is 1.37. The van der Waals surface area contributed by atoms with Gasteiger partial charge < -0.3 is 15.2 Å². The summed E-state index contributed by atoms with van der Waals surface area (Å²) in [6, 6.07) is 0. The first-order valence-corrected chi connectivity index (χ1v) is 4.74. The molecular formula is C9H15NO3. The van der Waals surface area contributed by atoms with Crippen LogP contribution < -0.4 is 5.32 Å². The molecule has 2 saturated carbocycles. The first-order chi connectivity index (χ1) is 6.07. The average molecular weight is 185 g/mol. The van der Waals surface area contributed by atoms with Gasteiger partial charge in [-0.3, -0.25) is 0 Å². The number of aliphatic hydroxyl groups is 1. The van der Waals surface area contributed by atoms with Gasteiger partial charge >= 0.3 is 6.09 Å². The third-order valence-corrected chi connectivity index (χ3v) is 2.75. The van der Waals surface area contributed by atoms with E-state index in [2.05, 4.69) is 5.32 Å². The molecule has 4 nitrogen and oxygen atoms in total. The predicted molar refractivity (Wildman–Crippen MR) is 46.3 cm³/mol.